The molecule has 540 valence electrons. The van der Waals surface area contributed by atoms with E-state index in [0.717, 1.165) is 38.9 Å². The Balaban J connectivity index is 0. The zero-order chi connectivity index (χ0) is 65.6. The molecule has 0 radical (unpaired) electrons. The Labute approximate surface area is 558 Å². The van der Waals surface area contributed by atoms with Gasteiger partial charge in [0.2, 0.25) is 0 Å². The number of hydrogen-bond acceptors (Lipinski definition) is 12. The van der Waals surface area contributed by atoms with E-state index in [4.69, 9.17) is 47.4 Å². The predicted molar refractivity (Wildman–Crippen MR) is 379 cm³/mol. The van der Waals surface area contributed by atoms with Crippen LogP contribution in [-0.4, -0.2) is 143 Å². The Morgan fingerprint density at radius 2 is 0.589 bits per heavy atom. The summed E-state index contributed by atoms with van der Waals surface area (Å²) in [6, 6.07) is 0. The summed E-state index contributed by atoms with van der Waals surface area (Å²) in [5, 5.41) is 5.58. The number of methoxy groups -OCH3 is 1. The molecule has 0 heterocycles. The lowest BCUT2D eigenvalue weighted by Gasteiger charge is -2.19. The number of rotatable bonds is 75. The molecule has 90 heavy (non-hydrogen) atoms. The first-order valence-corrected chi connectivity index (χ1v) is 38.8. The van der Waals surface area contributed by atoms with E-state index in [2.05, 4.69) is 38.3 Å². The molecule has 14 heteroatoms. The van der Waals surface area contributed by atoms with Gasteiger partial charge in [-0.1, -0.05) is 310 Å². The first kappa shape index (κ1) is 90.3. The third-order valence-electron chi connectivity index (χ3n) is 16.6. The molecule has 0 aliphatic heterocycles. The Bertz CT molecular complexity index is 1330. The molecule has 0 aromatic carbocycles. The predicted octanol–water partition coefficient (Wildman–Crippen LogP) is 21.1. The maximum atomic E-state index is 12.2. The Hall–Kier alpha value is -1.78. The summed E-state index contributed by atoms with van der Waals surface area (Å²) in [5.74, 6) is 0. The molecule has 0 aromatic heterocycles. The van der Waals surface area contributed by atoms with Crippen molar-refractivity contribution in [2.75, 3.05) is 113 Å². The van der Waals surface area contributed by atoms with Gasteiger partial charge >= 0.3 is 12.2 Å². The van der Waals surface area contributed by atoms with Gasteiger partial charge in [0, 0.05) is 46.6 Å². The van der Waals surface area contributed by atoms with Gasteiger partial charge in [-0.2, -0.15) is 0 Å². The van der Waals surface area contributed by atoms with Gasteiger partial charge in [-0.25, -0.2) is 9.59 Å². The molecular formula is C76H154N2O12. The summed E-state index contributed by atoms with van der Waals surface area (Å²) in [6.45, 7) is 21.0. The van der Waals surface area contributed by atoms with Gasteiger partial charge in [0.25, 0.3) is 0 Å². The molecule has 1 unspecified atom stereocenters. The van der Waals surface area contributed by atoms with Crippen LogP contribution in [0, 0.1) is 0 Å². The van der Waals surface area contributed by atoms with Gasteiger partial charge < -0.3 is 58.0 Å². The van der Waals surface area contributed by atoms with E-state index in [1.54, 1.807) is 7.11 Å². The minimum atomic E-state index is -0.444. The zero-order valence-electron chi connectivity index (χ0n) is 60.9. The van der Waals surface area contributed by atoms with Crippen LogP contribution in [0.15, 0.2) is 0 Å². The molecule has 14 nitrogen and oxygen atoms in total. The van der Waals surface area contributed by atoms with E-state index in [0.29, 0.717) is 79.2 Å². The van der Waals surface area contributed by atoms with E-state index in [1.807, 2.05) is 13.8 Å². The molecule has 2 amide bonds. The van der Waals surface area contributed by atoms with Crippen LogP contribution in [0.5, 0.6) is 0 Å². The highest BCUT2D eigenvalue weighted by atomic mass is 16.6. The first-order chi connectivity index (χ1) is 44.3. The highest BCUT2D eigenvalue weighted by Gasteiger charge is 2.15. The van der Waals surface area contributed by atoms with E-state index >= 15 is 0 Å². The van der Waals surface area contributed by atoms with Crippen molar-refractivity contribution in [3.05, 3.63) is 0 Å². The van der Waals surface area contributed by atoms with E-state index in [-0.39, 0.29) is 31.5 Å². The topological polar surface area (TPSA) is 150 Å². The summed E-state index contributed by atoms with van der Waals surface area (Å²) in [7, 11) is 1.64. The van der Waals surface area contributed by atoms with Gasteiger partial charge in [-0.15, -0.1) is 0 Å². The standard InChI is InChI=1S/C39H79NO6.C37H75NO6/c1-5-7-9-11-13-15-17-19-21-23-25-27-29-43-36-38(35-40-39(41)46-34-32-42-31-33-44-37(3)4)45-30-28-26-24-22-20-18-16-14-12-10-8-6-2;1-4-6-8-10-12-14-16-18-20-22-24-26-29-42-34-36(35-44-37(39)38-28-31-41-33-32-40-3)43-30-27-25-23-21-19-17-15-13-11-9-7-5-2/h37-38H,5-36H2,1-4H3,(H,40,41);36H,4-35H2,1-3H3,(H,38,39)/t;36-/m.1/s1. The number of carbonyl (C=O) groups excluding carboxylic acids is 2. The second-order valence-corrected chi connectivity index (χ2v) is 25.9. The van der Waals surface area contributed by atoms with Crippen LogP contribution in [0.25, 0.3) is 0 Å². The van der Waals surface area contributed by atoms with Crippen molar-refractivity contribution in [3.8, 4) is 0 Å². The SMILES string of the molecule is CCCCCCCCCCCCCCOCC(CNC(=O)OCCOCCOC(C)C)OCCCCCCCCCCCCCC.CCCCCCCCCCCCCCOC[C@H](COC(=O)NCCOCCOC)OCCCCCCCCCCCCCC. The van der Waals surface area contributed by atoms with Crippen molar-refractivity contribution in [1.82, 2.24) is 10.6 Å². The van der Waals surface area contributed by atoms with Crippen molar-refractivity contribution in [3.63, 3.8) is 0 Å². The van der Waals surface area contributed by atoms with Gasteiger partial charge in [0.05, 0.1) is 65.1 Å². The third kappa shape index (κ3) is 80.5. The van der Waals surface area contributed by atoms with Crippen LogP contribution in [0.1, 0.15) is 350 Å². The second kappa shape index (κ2) is 81.5. The zero-order valence-corrected chi connectivity index (χ0v) is 60.9. The summed E-state index contributed by atoms with van der Waals surface area (Å²) < 4.78 is 56.1. The minimum Gasteiger partial charge on any atom is -0.447 e. The van der Waals surface area contributed by atoms with Crippen molar-refractivity contribution in [1.29, 1.82) is 0 Å². The largest absolute Gasteiger partial charge is 0.447 e. The van der Waals surface area contributed by atoms with Crippen molar-refractivity contribution in [2.45, 2.75) is 368 Å². The monoisotopic (exact) mass is 1290 g/mol. The molecule has 2 N–H and O–H groups in total. The quantitative estimate of drug-likeness (QED) is 0.0558. The van der Waals surface area contributed by atoms with Crippen molar-refractivity contribution in [2.24, 2.45) is 0 Å². The van der Waals surface area contributed by atoms with Gasteiger partial charge in [0.15, 0.2) is 0 Å². The molecule has 0 aliphatic carbocycles. The smallest absolute Gasteiger partial charge is 0.407 e. The molecule has 2 atom stereocenters. The Morgan fingerprint density at radius 3 is 0.967 bits per heavy atom. The summed E-state index contributed by atoms with van der Waals surface area (Å²) in [6.07, 6.45) is 62.7. The molecule has 0 bridgehead atoms. The van der Waals surface area contributed by atoms with Crippen LogP contribution >= 0.6 is 0 Å². The van der Waals surface area contributed by atoms with Gasteiger partial charge in [-0.3, -0.25) is 0 Å². The van der Waals surface area contributed by atoms with Gasteiger partial charge in [0.1, 0.15) is 19.3 Å². The highest BCUT2D eigenvalue weighted by molar-refractivity contribution is 5.67. The fraction of sp³-hybridized carbons (Fsp3) is 0.974. The van der Waals surface area contributed by atoms with Crippen molar-refractivity contribution >= 4 is 12.2 Å². The number of carbonyl (C=O) groups is 2. The van der Waals surface area contributed by atoms with Crippen molar-refractivity contribution < 1.29 is 57.0 Å². The van der Waals surface area contributed by atoms with Crippen LogP contribution in [0.2, 0.25) is 0 Å². The molecule has 0 saturated heterocycles. The van der Waals surface area contributed by atoms with Crippen LogP contribution in [-0.2, 0) is 47.4 Å². The lowest BCUT2D eigenvalue weighted by molar-refractivity contribution is -0.0469. The normalized spacial score (nSPS) is 12.1. The van der Waals surface area contributed by atoms with Gasteiger partial charge in [-0.05, 0) is 39.5 Å². The van der Waals surface area contributed by atoms with Crippen LogP contribution < -0.4 is 10.6 Å². The van der Waals surface area contributed by atoms with Crippen LogP contribution in [0.3, 0.4) is 0 Å². The van der Waals surface area contributed by atoms with E-state index in [1.165, 1.54) is 283 Å². The van der Waals surface area contributed by atoms with Crippen LogP contribution in [0.4, 0.5) is 9.59 Å². The summed E-state index contributed by atoms with van der Waals surface area (Å²) >= 11 is 0. The third-order valence-corrected chi connectivity index (χ3v) is 16.6. The van der Waals surface area contributed by atoms with E-state index < -0.39 is 12.2 Å². The average Bonchev–Trinajstić information content (AvgIpc) is 3.66. The number of amides is 2. The molecule has 0 rings (SSSR count). The Morgan fingerprint density at radius 1 is 0.278 bits per heavy atom. The number of ether oxygens (including phenoxy) is 10. The average molecular weight is 1290 g/mol. The molecule has 0 fully saturated rings. The second-order valence-electron chi connectivity index (χ2n) is 25.9. The van der Waals surface area contributed by atoms with E-state index in [9.17, 15) is 9.59 Å². The molecule has 0 spiro atoms. The fourth-order valence-corrected chi connectivity index (χ4v) is 10.8. The highest BCUT2D eigenvalue weighted by Crippen LogP contribution is 2.17. The maximum Gasteiger partial charge on any atom is 0.407 e. The molecule has 0 aliphatic rings. The molecular weight excluding hydrogens is 1130 g/mol. The number of alkyl carbamates (subject to hydrolysis) is 2. The summed E-state index contributed by atoms with van der Waals surface area (Å²) in [5.41, 5.74) is 0. The number of hydrogen-bond donors (Lipinski definition) is 2. The minimum absolute atomic E-state index is 0.165. The summed E-state index contributed by atoms with van der Waals surface area (Å²) in [4.78, 5) is 24.3. The first-order valence-electron chi connectivity index (χ1n) is 38.8. The Kier molecular flexibility index (Phi) is 81.7. The number of nitrogens with one attached hydrogen (secondary N) is 2. The lowest BCUT2D eigenvalue weighted by Crippen LogP contribution is -2.37. The maximum absolute atomic E-state index is 12.2. The molecule has 0 saturated carbocycles. The fourth-order valence-electron chi connectivity index (χ4n) is 10.8. The lowest BCUT2D eigenvalue weighted by atomic mass is 10.1. The number of unbranched alkanes of at least 4 members (excludes halogenated alkanes) is 44. The molecule has 0 aromatic rings.